The summed E-state index contributed by atoms with van der Waals surface area (Å²) in [6, 6.07) is 9.98. The summed E-state index contributed by atoms with van der Waals surface area (Å²) >= 11 is 0. The Morgan fingerprint density at radius 3 is 2.24 bits per heavy atom. The van der Waals surface area contributed by atoms with Gasteiger partial charge in [-0.25, -0.2) is 0 Å². The van der Waals surface area contributed by atoms with Gasteiger partial charge in [0.15, 0.2) is 0 Å². The second kappa shape index (κ2) is 4.59. The summed E-state index contributed by atoms with van der Waals surface area (Å²) in [7, 11) is 0. The molecule has 0 radical (unpaired) electrons. The van der Waals surface area contributed by atoms with Gasteiger partial charge in [-0.05, 0) is 75.3 Å². The van der Waals surface area contributed by atoms with E-state index in [-0.39, 0.29) is 5.54 Å². The highest BCUT2D eigenvalue weighted by Crippen LogP contribution is 2.57. The molecule has 0 N–H and O–H groups in total. The van der Waals surface area contributed by atoms with E-state index < -0.39 is 0 Å². The third-order valence-corrected chi connectivity index (χ3v) is 6.16. The van der Waals surface area contributed by atoms with Gasteiger partial charge in [0, 0.05) is 18.1 Å². The lowest BCUT2D eigenvalue weighted by Gasteiger charge is -2.41. The van der Waals surface area contributed by atoms with Crippen molar-refractivity contribution in [3.63, 3.8) is 0 Å². The summed E-state index contributed by atoms with van der Waals surface area (Å²) in [6.45, 7) is 8.52. The van der Waals surface area contributed by atoms with Crippen molar-refractivity contribution in [2.75, 3.05) is 6.54 Å². The Hall–Kier alpha value is -0.820. The molecule has 1 saturated heterocycles. The van der Waals surface area contributed by atoms with Crippen LogP contribution in [0.4, 0.5) is 0 Å². The Morgan fingerprint density at radius 1 is 1.05 bits per heavy atom. The van der Waals surface area contributed by atoms with Crippen LogP contribution in [-0.4, -0.2) is 17.0 Å². The molecule has 1 heterocycles. The first kappa shape index (κ1) is 13.8. The van der Waals surface area contributed by atoms with E-state index in [0.717, 1.165) is 5.92 Å². The first-order valence-corrected chi connectivity index (χ1v) is 8.84. The van der Waals surface area contributed by atoms with E-state index in [2.05, 4.69) is 49.9 Å². The average Bonchev–Trinajstić information content (AvgIpc) is 3.14. The molecular weight excluding hydrogens is 254 g/mol. The molecule has 2 saturated carbocycles. The molecule has 0 amide bonds. The lowest BCUT2D eigenvalue weighted by Crippen LogP contribution is -2.43. The van der Waals surface area contributed by atoms with Crippen molar-refractivity contribution in [2.45, 2.75) is 76.8 Å². The molecule has 1 aromatic rings. The number of likely N-dealkylation sites (tertiary alicyclic amines) is 1. The maximum atomic E-state index is 2.81. The molecule has 1 aromatic carbocycles. The Bertz CT molecular complexity index is 531. The summed E-state index contributed by atoms with van der Waals surface area (Å²) < 4.78 is 0. The van der Waals surface area contributed by atoms with E-state index in [1.54, 1.807) is 11.1 Å². The van der Waals surface area contributed by atoms with Crippen molar-refractivity contribution in [2.24, 2.45) is 5.41 Å². The van der Waals surface area contributed by atoms with E-state index in [1.165, 1.54) is 45.1 Å². The minimum atomic E-state index is 0.278. The molecule has 1 atom stereocenters. The van der Waals surface area contributed by atoms with E-state index in [0.29, 0.717) is 11.5 Å². The van der Waals surface area contributed by atoms with Crippen LogP contribution in [0.1, 0.15) is 82.4 Å². The van der Waals surface area contributed by atoms with E-state index in [4.69, 9.17) is 0 Å². The SMILES string of the molecule is CC(C)(C)N1CC2(CCC2)CC1c1ccccc1C1CC1. The Labute approximate surface area is 129 Å². The zero-order chi connectivity index (χ0) is 14.7. The summed E-state index contributed by atoms with van der Waals surface area (Å²) in [5.74, 6) is 0.862. The van der Waals surface area contributed by atoms with Crippen molar-refractivity contribution in [3.05, 3.63) is 35.4 Å². The number of hydrogen-bond donors (Lipinski definition) is 0. The van der Waals surface area contributed by atoms with Crippen LogP contribution in [-0.2, 0) is 0 Å². The van der Waals surface area contributed by atoms with Gasteiger partial charge in [-0.1, -0.05) is 30.7 Å². The minimum Gasteiger partial charge on any atom is -0.291 e. The zero-order valence-electron chi connectivity index (χ0n) is 13.9. The molecule has 1 unspecified atom stereocenters. The zero-order valence-corrected chi connectivity index (χ0v) is 13.9. The molecule has 21 heavy (non-hydrogen) atoms. The highest BCUT2D eigenvalue weighted by Gasteiger charge is 2.51. The van der Waals surface area contributed by atoms with Gasteiger partial charge in [0.2, 0.25) is 0 Å². The molecule has 3 aliphatic rings. The lowest BCUT2D eigenvalue weighted by molar-refractivity contribution is 0.0868. The molecule has 4 rings (SSSR count). The van der Waals surface area contributed by atoms with Gasteiger partial charge in [-0.15, -0.1) is 0 Å². The van der Waals surface area contributed by atoms with E-state index in [1.807, 2.05) is 0 Å². The van der Waals surface area contributed by atoms with Crippen LogP contribution in [0.15, 0.2) is 24.3 Å². The molecule has 1 nitrogen and oxygen atoms in total. The molecule has 1 heteroatoms. The molecule has 114 valence electrons. The quantitative estimate of drug-likeness (QED) is 0.713. The molecule has 0 aromatic heterocycles. The van der Waals surface area contributed by atoms with Gasteiger partial charge in [-0.3, -0.25) is 4.90 Å². The molecule has 1 aliphatic heterocycles. The van der Waals surface area contributed by atoms with Gasteiger partial charge in [-0.2, -0.15) is 0 Å². The van der Waals surface area contributed by atoms with Crippen molar-refractivity contribution in [1.82, 2.24) is 4.90 Å². The van der Waals surface area contributed by atoms with Gasteiger partial charge in [0.05, 0.1) is 0 Å². The highest BCUT2D eigenvalue weighted by atomic mass is 15.2. The van der Waals surface area contributed by atoms with Crippen LogP contribution in [0.2, 0.25) is 0 Å². The predicted molar refractivity (Wildman–Crippen MR) is 88.5 cm³/mol. The van der Waals surface area contributed by atoms with Crippen molar-refractivity contribution >= 4 is 0 Å². The second-order valence-electron chi connectivity index (χ2n) is 8.78. The molecule has 2 aliphatic carbocycles. The normalized spacial score (nSPS) is 28.8. The van der Waals surface area contributed by atoms with Crippen LogP contribution in [0.25, 0.3) is 0 Å². The van der Waals surface area contributed by atoms with Crippen molar-refractivity contribution < 1.29 is 0 Å². The van der Waals surface area contributed by atoms with Crippen LogP contribution in [0, 0.1) is 5.41 Å². The fraction of sp³-hybridized carbons (Fsp3) is 0.700. The Kier molecular flexibility index (Phi) is 3.02. The fourth-order valence-electron chi connectivity index (χ4n) is 4.66. The van der Waals surface area contributed by atoms with Gasteiger partial charge < -0.3 is 0 Å². The fourth-order valence-corrected chi connectivity index (χ4v) is 4.66. The first-order chi connectivity index (χ1) is 9.99. The van der Waals surface area contributed by atoms with Crippen molar-refractivity contribution in [1.29, 1.82) is 0 Å². The largest absolute Gasteiger partial charge is 0.291 e. The maximum Gasteiger partial charge on any atom is 0.0362 e. The van der Waals surface area contributed by atoms with Gasteiger partial charge in [0.25, 0.3) is 0 Å². The van der Waals surface area contributed by atoms with Crippen LogP contribution >= 0.6 is 0 Å². The third-order valence-electron chi connectivity index (χ3n) is 6.16. The number of benzene rings is 1. The van der Waals surface area contributed by atoms with E-state index in [9.17, 15) is 0 Å². The Balaban J connectivity index is 1.71. The monoisotopic (exact) mass is 283 g/mol. The average molecular weight is 283 g/mol. The smallest absolute Gasteiger partial charge is 0.0362 e. The lowest BCUT2D eigenvalue weighted by atomic mass is 9.67. The second-order valence-corrected chi connectivity index (χ2v) is 8.78. The number of nitrogens with zero attached hydrogens (tertiary/aromatic N) is 1. The molecule has 0 bridgehead atoms. The van der Waals surface area contributed by atoms with Gasteiger partial charge >= 0.3 is 0 Å². The topological polar surface area (TPSA) is 3.24 Å². The maximum absolute atomic E-state index is 2.81. The molecule has 3 fully saturated rings. The van der Waals surface area contributed by atoms with Crippen LogP contribution in [0.5, 0.6) is 0 Å². The summed E-state index contributed by atoms with van der Waals surface area (Å²) in [4.78, 5) is 2.81. The molecular formula is C20H29N. The standard InChI is InChI=1S/C20H29N/c1-19(2,3)21-14-20(11-6-12-20)13-18(21)17-8-5-4-7-16(17)15-9-10-15/h4-5,7-8,15,18H,6,9-14H2,1-3H3. The summed E-state index contributed by atoms with van der Waals surface area (Å²) in [5, 5.41) is 0. The van der Waals surface area contributed by atoms with Crippen LogP contribution in [0.3, 0.4) is 0 Å². The first-order valence-electron chi connectivity index (χ1n) is 8.84. The number of rotatable bonds is 2. The Morgan fingerprint density at radius 2 is 1.71 bits per heavy atom. The van der Waals surface area contributed by atoms with E-state index >= 15 is 0 Å². The van der Waals surface area contributed by atoms with Gasteiger partial charge in [0.1, 0.15) is 0 Å². The highest BCUT2D eigenvalue weighted by molar-refractivity contribution is 5.37. The minimum absolute atomic E-state index is 0.278. The number of hydrogen-bond acceptors (Lipinski definition) is 1. The third kappa shape index (κ3) is 2.34. The van der Waals surface area contributed by atoms with Crippen molar-refractivity contribution in [3.8, 4) is 0 Å². The van der Waals surface area contributed by atoms with Crippen LogP contribution < -0.4 is 0 Å². The molecule has 1 spiro atoms. The predicted octanol–water partition coefficient (Wildman–Crippen LogP) is 5.28. The summed E-state index contributed by atoms with van der Waals surface area (Å²) in [6.07, 6.45) is 8.58. The summed E-state index contributed by atoms with van der Waals surface area (Å²) in [5.41, 5.74) is 4.24.